The van der Waals surface area contributed by atoms with Crippen molar-refractivity contribution < 1.29 is 19.3 Å². The van der Waals surface area contributed by atoms with Gasteiger partial charge in [-0.05, 0) is 17.7 Å². The fraction of sp³-hybridized carbons (Fsp3) is 0.333. The molecule has 0 radical (unpaired) electrons. The highest BCUT2D eigenvalue weighted by Gasteiger charge is 2.18. The van der Waals surface area contributed by atoms with Gasteiger partial charge < -0.3 is 19.3 Å². The maximum Gasteiger partial charge on any atom is 0.241 e. The molecule has 2 rings (SSSR count). The van der Waals surface area contributed by atoms with Crippen LogP contribution in [0.1, 0.15) is 17.4 Å². The Labute approximate surface area is 123 Å². The molecule has 0 amide bonds. The standard InChI is InChI=1S/C15H18N2O4/c1-19-11-6-4-5-10(7-11)8-12(18)14-15(21-3)17-13(20-2)9-16-14/h4-7,9,12,18H,8H2,1-3H3. The van der Waals surface area contributed by atoms with Gasteiger partial charge in [-0.3, -0.25) is 0 Å². The molecule has 6 heteroatoms. The van der Waals surface area contributed by atoms with E-state index < -0.39 is 6.10 Å². The fourth-order valence-corrected chi connectivity index (χ4v) is 1.96. The molecular weight excluding hydrogens is 272 g/mol. The Kier molecular flexibility index (Phi) is 4.94. The SMILES string of the molecule is COc1cccc(CC(O)c2ncc(OC)nc2OC)c1. The molecule has 0 saturated carbocycles. The van der Waals surface area contributed by atoms with E-state index in [0.29, 0.717) is 18.0 Å². The van der Waals surface area contributed by atoms with Gasteiger partial charge in [0.15, 0.2) is 0 Å². The van der Waals surface area contributed by atoms with Crippen molar-refractivity contribution >= 4 is 0 Å². The Bertz CT molecular complexity index is 604. The lowest BCUT2D eigenvalue weighted by molar-refractivity contribution is 0.167. The van der Waals surface area contributed by atoms with Crippen LogP contribution in [0.15, 0.2) is 30.5 Å². The van der Waals surface area contributed by atoms with Crippen molar-refractivity contribution in [2.45, 2.75) is 12.5 Å². The van der Waals surface area contributed by atoms with Gasteiger partial charge in [0.2, 0.25) is 11.8 Å². The minimum absolute atomic E-state index is 0.254. The van der Waals surface area contributed by atoms with E-state index in [4.69, 9.17) is 14.2 Å². The van der Waals surface area contributed by atoms with Crippen LogP contribution in [0.2, 0.25) is 0 Å². The Morgan fingerprint density at radius 3 is 2.62 bits per heavy atom. The zero-order chi connectivity index (χ0) is 15.2. The lowest BCUT2D eigenvalue weighted by atomic mass is 10.1. The molecule has 0 fully saturated rings. The van der Waals surface area contributed by atoms with Gasteiger partial charge in [-0.15, -0.1) is 0 Å². The molecule has 0 spiro atoms. The summed E-state index contributed by atoms with van der Waals surface area (Å²) in [5.74, 6) is 1.33. The Balaban J connectivity index is 2.21. The van der Waals surface area contributed by atoms with Gasteiger partial charge >= 0.3 is 0 Å². The number of aromatic nitrogens is 2. The van der Waals surface area contributed by atoms with Crippen LogP contribution in [-0.2, 0) is 6.42 Å². The number of hydrogen-bond donors (Lipinski definition) is 1. The summed E-state index contributed by atoms with van der Waals surface area (Å²) in [6.45, 7) is 0. The van der Waals surface area contributed by atoms with Crippen molar-refractivity contribution in [3.05, 3.63) is 41.7 Å². The van der Waals surface area contributed by atoms with Gasteiger partial charge in [0, 0.05) is 6.42 Å². The highest BCUT2D eigenvalue weighted by Crippen LogP contribution is 2.26. The van der Waals surface area contributed by atoms with Gasteiger partial charge in [-0.1, -0.05) is 12.1 Å². The average Bonchev–Trinajstić information content (AvgIpc) is 2.54. The van der Waals surface area contributed by atoms with Crippen molar-refractivity contribution in [3.8, 4) is 17.5 Å². The molecule has 2 aromatic rings. The monoisotopic (exact) mass is 290 g/mol. The maximum atomic E-state index is 10.3. The van der Waals surface area contributed by atoms with E-state index >= 15 is 0 Å². The van der Waals surface area contributed by atoms with E-state index in [0.717, 1.165) is 11.3 Å². The molecule has 1 N–H and O–H groups in total. The highest BCUT2D eigenvalue weighted by atomic mass is 16.5. The summed E-state index contributed by atoms with van der Waals surface area (Å²) in [6, 6.07) is 7.50. The Morgan fingerprint density at radius 1 is 1.14 bits per heavy atom. The van der Waals surface area contributed by atoms with Crippen LogP contribution < -0.4 is 14.2 Å². The van der Waals surface area contributed by atoms with Crippen LogP contribution >= 0.6 is 0 Å². The number of ether oxygens (including phenoxy) is 3. The molecule has 1 aromatic carbocycles. The van der Waals surface area contributed by atoms with Gasteiger partial charge in [-0.2, -0.15) is 4.98 Å². The first-order chi connectivity index (χ1) is 10.2. The van der Waals surface area contributed by atoms with E-state index in [9.17, 15) is 5.11 Å². The third-order valence-electron chi connectivity index (χ3n) is 3.03. The van der Waals surface area contributed by atoms with Gasteiger partial charge in [0.05, 0.1) is 27.5 Å². The van der Waals surface area contributed by atoms with E-state index in [-0.39, 0.29) is 5.88 Å². The fourth-order valence-electron chi connectivity index (χ4n) is 1.96. The van der Waals surface area contributed by atoms with Crippen molar-refractivity contribution in [3.63, 3.8) is 0 Å². The van der Waals surface area contributed by atoms with Crippen LogP contribution in [0.25, 0.3) is 0 Å². The van der Waals surface area contributed by atoms with E-state index in [2.05, 4.69) is 9.97 Å². The van der Waals surface area contributed by atoms with Gasteiger partial charge in [-0.25, -0.2) is 4.98 Å². The number of hydrogen-bond acceptors (Lipinski definition) is 6. The lowest BCUT2D eigenvalue weighted by Gasteiger charge is -2.14. The van der Waals surface area contributed by atoms with Crippen LogP contribution in [-0.4, -0.2) is 36.4 Å². The summed E-state index contributed by atoms with van der Waals surface area (Å²) < 4.78 is 15.3. The summed E-state index contributed by atoms with van der Waals surface area (Å²) in [6.07, 6.45) is 1.01. The van der Waals surface area contributed by atoms with Crippen LogP contribution in [0.5, 0.6) is 17.5 Å². The predicted octanol–water partition coefficient (Wildman–Crippen LogP) is 1.78. The molecule has 21 heavy (non-hydrogen) atoms. The van der Waals surface area contributed by atoms with Crippen molar-refractivity contribution in [1.29, 1.82) is 0 Å². The topological polar surface area (TPSA) is 73.7 Å². The summed E-state index contributed by atoms with van der Waals surface area (Å²) in [5.41, 5.74) is 1.31. The second-order valence-electron chi connectivity index (χ2n) is 4.38. The summed E-state index contributed by atoms with van der Waals surface area (Å²) >= 11 is 0. The molecule has 6 nitrogen and oxygen atoms in total. The molecule has 1 unspecified atom stereocenters. The molecule has 0 aliphatic heterocycles. The first kappa shape index (κ1) is 15.1. The molecule has 1 aromatic heterocycles. The molecule has 1 heterocycles. The Morgan fingerprint density at radius 2 is 1.95 bits per heavy atom. The van der Waals surface area contributed by atoms with Crippen molar-refractivity contribution in [2.24, 2.45) is 0 Å². The van der Waals surface area contributed by atoms with Crippen LogP contribution in [0.4, 0.5) is 0 Å². The van der Waals surface area contributed by atoms with E-state index in [1.54, 1.807) is 7.11 Å². The molecule has 0 bridgehead atoms. The second-order valence-corrected chi connectivity index (χ2v) is 4.38. The minimum atomic E-state index is -0.828. The minimum Gasteiger partial charge on any atom is -0.497 e. The number of benzene rings is 1. The number of rotatable bonds is 6. The zero-order valence-electron chi connectivity index (χ0n) is 12.2. The van der Waals surface area contributed by atoms with Crippen molar-refractivity contribution in [2.75, 3.05) is 21.3 Å². The number of aliphatic hydroxyl groups is 1. The third-order valence-corrected chi connectivity index (χ3v) is 3.03. The molecule has 0 saturated heterocycles. The highest BCUT2D eigenvalue weighted by molar-refractivity contribution is 5.31. The molecule has 0 aliphatic rings. The van der Waals surface area contributed by atoms with E-state index in [1.165, 1.54) is 20.4 Å². The summed E-state index contributed by atoms with van der Waals surface area (Å²) in [4.78, 5) is 8.28. The smallest absolute Gasteiger partial charge is 0.241 e. The van der Waals surface area contributed by atoms with Crippen LogP contribution in [0, 0.1) is 0 Å². The molecule has 1 atom stereocenters. The lowest BCUT2D eigenvalue weighted by Crippen LogP contribution is -2.08. The molecule has 0 aliphatic carbocycles. The third kappa shape index (κ3) is 3.61. The molecule has 112 valence electrons. The maximum absolute atomic E-state index is 10.3. The normalized spacial score (nSPS) is 11.8. The number of aliphatic hydroxyl groups excluding tert-OH is 1. The zero-order valence-corrected chi connectivity index (χ0v) is 12.2. The van der Waals surface area contributed by atoms with Gasteiger partial charge in [0.1, 0.15) is 17.5 Å². The summed E-state index contributed by atoms with van der Waals surface area (Å²) in [5, 5.41) is 10.3. The first-order valence-electron chi connectivity index (χ1n) is 6.43. The predicted molar refractivity (Wildman–Crippen MR) is 76.8 cm³/mol. The molecular formula is C15H18N2O4. The Hall–Kier alpha value is -2.34. The number of nitrogens with zero attached hydrogens (tertiary/aromatic N) is 2. The van der Waals surface area contributed by atoms with Gasteiger partial charge in [0.25, 0.3) is 0 Å². The first-order valence-corrected chi connectivity index (χ1v) is 6.43. The van der Waals surface area contributed by atoms with E-state index in [1.807, 2.05) is 24.3 Å². The summed E-state index contributed by atoms with van der Waals surface area (Å²) in [7, 11) is 4.58. The number of methoxy groups -OCH3 is 3. The largest absolute Gasteiger partial charge is 0.497 e. The van der Waals surface area contributed by atoms with Crippen molar-refractivity contribution in [1.82, 2.24) is 9.97 Å². The quantitative estimate of drug-likeness (QED) is 0.874. The second kappa shape index (κ2) is 6.90. The van der Waals surface area contributed by atoms with Crippen LogP contribution in [0.3, 0.4) is 0 Å². The average molecular weight is 290 g/mol.